The predicted molar refractivity (Wildman–Crippen MR) is 142 cm³/mol. The third-order valence-corrected chi connectivity index (χ3v) is 6.26. The molecule has 0 aliphatic heterocycles. The van der Waals surface area contributed by atoms with E-state index >= 15 is 0 Å². The summed E-state index contributed by atoms with van der Waals surface area (Å²) in [6.45, 7) is -0.0550. The summed E-state index contributed by atoms with van der Waals surface area (Å²) in [6, 6.07) is 25.7. The van der Waals surface area contributed by atoms with Gasteiger partial charge in [-0.25, -0.2) is 15.0 Å². The smallest absolute Gasteiger partial charge is 0.260 e. The van der Waals surface area contributed by atoms with E-state index < -0.39 is 0 Å². The molecule has 10 nitrogen and oxygen atoms in total. The molecular formula is C27H22N8O2. The normalized spacial score (nSPS) is 11.6. The fourth-order valence-corrected chi connectivity index (χ4v) is 4.61. The molecule has 6 rings (SSSR count). The van der Waals surface area contributed by atoms with Crippen LogP contribution in [0.1, 0.15) is 5.56 Å². The van der Waals surface area contributed by atoms with Crippen molar-refractivity contribution in [1.82, 2.24) is 29.9 Å². The average molecular weight is 491 g/mol. The molecule has 3 N–H and O–H groups in total. The fourth-order valence-electron chi connectivity index (χ4n) is 4.61. The number of benzene rings is 3. The van der Waals surface area contributed by atoms with Gasteiger partial charge in [-0.1, -0.05) is 60.7 Å². The molecule has 10 heteroatoms. The molecule has 0 unspecified atom stereocenters. The van der Waals surface area contributed by atoms with Crippen LogP contribution >= 0.6 is 0 Å². The number of nitrogens with zero attached hydrogens (tertiary/aromatic N) is 6. The monoisotopic (exact) mass is 490 g/mol. The van der Waals surface area contributed by atoms with Crippen LogP contribution in [0.25, 0.3) is 44.7 Å². The number of rotatable bonds is 6. The van der Waals surface area contributed by atoms with Gasteiger partial charge in [0.2, 0.25) is 0 Å². The topological polar surface area (TPSA) is 129 Å². The number of hydrogen-bond acceptors (Lipinski definition) is 7. The number of aromatic nitrogens is 5. The molecule has 3 aromatic heterocycles. The van der Waals surface area contributed by atoms with Gasteiger partial charge in [0, 0.05) is 23.5 Å². The minimum absolute atomic E-state index is 0.0550. The quantitative estimate of drug-likeness (QED) is 0.268. The first-order chi connectivity index (χ1) is 18.1. The molecule has 0 radical (unpaired) electrons. The molecular weight excluding hydrogens is 468 g/mol. The van der Waals surface area contributed by atoms with Crippen LogP contribution in [-0.2, 0) is 18.4 Å². The van der Waals surface area contributed by atoms with Gasteiger partial charge in [-0.2, -0.15) is 5.10 Å². The lowest BCUT2D eigenvalue weighted by molar-refractivity contribution is -0.121. The van der Waals surface area contributed by atoms with Crippen molar-refractivity contribution in [3.63, 3.8) is 0 Å². The molecule has 0 saturated heterocycles. The Morgan fingerprint density at radius 3 is 2.51 bits per heavy atom. The average Bonchev–Trinajstić information content (AvgIpc) is 3.59. The SMILES string of the molecule is Cn1c(-c2ccccc2)c(C=NNC(=O)Cn2c(-c3nonc3N)nc3ccccc32)c2ccccc21. The van der Waals surface area contributed by atoms with Crippen LogP contribution in [0.5, 0.6) is 0 Å². The second-order valence-electron chi connectivity index (χ2n) is 8.51. The largest absolute Gasteiger partial charge is 0.379 e. The number of carbonyl (C=O) groups is 1. The molecule has 0 atom stereocenters. The first-order valence-electron chi connectivity index (χ1n) is 11.6. The zero-order valence-electron chi connectivity index (χ0n) is 19.9. The lowest BCUT2D eigenvalue weighted by atomic mass is 10.1. The number of hydrazone groups is 1. The number of nitrogen functional groups attached to an aromatic ring is 1. The maximum Gasteiger partial charge on any atom is 0.260 e. The lowest BCUT2D eigenvalue weighted by Gasteiger charge is -2.07. The van der Waals surface area contributed by atoms with Crippen LogP contribution in [0.4, 0.5) is 5.82 Å². The molecule has 0 saturated carbocycles. The van der Waals surface area contributed by atoms with Crippen molar-refractivity contribution in [3.05, 3.63) is 84.4 Å². The lowest BCUT2D eigenvalue weighted by Crippen LogP contribution is -2.23. The molecule has 37 heavy (non-hydrogen) atoms. The number of para-hydroxylation sites is 3. The Hall–Kier alpha value is -5.25. The summed E-state index contributed by atoms with van der Waals surface area (Å²) in [5, 5.41) is 12.9. The molecule has 0 aliphatic rings. The number of nitrogens with two attached hydrogens (primary N) is 1. The van der Waals surface area contributed by atoms with Gasteiger partial charge in [0.05, 0.1) is 22.9 Å². The molecule has 1 amide bonds. The van der Waals surface area contributed by atoms with Gasteiger partial charge in [-0.05, 0) is 34.1 Å². The van der Waals surface area contributed by atoms with Crippen molar-refractivity contribution in [2.75, 3.05) is 5.73 Å². The summed E-state index contributed by atoms with van der Waals surface area (Å²) in [4.78, 5) is 17.6. The summed E-state index contributed by atoms with van der Waals surface area (Å²) < 4.78 is 8.59. The van der Waals surface area contributed by atoms with Crippen molar-refractivity contribution < 1.29 is 9.42 Å². The number of nitrogens with one attached hydrogen (secondary N) is 1. The second-order valence-corrected chi connectivity index (χ2v) is 8.51. The Kier molecular flexibility index (Phi) is 5.45. The zero-order valence-corrected chi connectivity index (χ0v) is 19.9. The number of amides is 1. The van der Waals surface area contributed by atoms with Crippen LogP contribution in [-0.4, -0.2) is 36.6 Å². The van der Waals surface area contributed by atoms with Crippen LogP contribution in [0.3, 0.4) is 0 Å². The number of aryl methyl sites for hydroxylation is 1. The number of anilines is 1. The number of fused-ring (bicyclic) bond motifs is 2. The molecule has 6 aromatic rings. The van der Waals surface area contributed by atoms with Gasteiger partial charge in [0.25, 0.3) is 5.91 Å². The highest BCUT2D eigenvalue weighted by atomic mass is 16.6. The summed E-state index contributed by atoms with van der Waals surface area (Å²) >= 11 is 0. The van der Waals surface area contributed by atoms with E-state index in [1.807, 2.05) is 67.7 Å². The maximum atomic E-state index is 13.0. The van der Waals surface area contributed by atoms with Crippen molar-refractivity contribution in [2.45, 2.75) is 6.54 Å². The minimum Gasteiger partial charge on any atom is -0.379 e. The summed E-state index contributed by atoms with van der Waals surface area (Å²) in [6.07, 6.45) is 1.69. The van der Waals surface area contributed by atoms with Crippen LogP contribution < -0.4 is 11.2 Å². The Morgan fingerprint density at radius 2 is 1.73 bits per heavy atom. The van der Waals surface area contributed by atoms with E-state index in [1.165, 1.54) is 0 Å². The molecule has 3 aromatic carbocycles. The van der Waals surface area contributed by atoms with Crippen LogP contribution in [0.2, 0.25) is 0 Å². The third kappa shape index (κ3) is 3.90. The van der Waals surface area contributed by atoms with Gasteiger partial charge in [0.1, 0.15) is 6.54 Å². The Morgan fingerprint density at radius 1 is 1.00 bits per heavy atom. The highest BCUT2D eigenvalue weighted by Crippen LogP contribution is 2.32. The van der Waals surface area contributed by atoms with E-state index in [1.54, 1.807) is 10.8 Å². The van der Waals surface area contributed by atoms with Crippen molar-refractivity contribution in [3.8, 4) is 22.8 Å². The number of imidazole rings is 1. The van der Waals surface area contributed by atoms with E-state index in [4.69, 9.17) is 10.4 Å². The third-order valence-electron chi connectivity index (χ3n) is 6.26. The maximum absolute atomic E-state index is 13.0. The first-order valence-corrected chi connectivity index (χ1v) is 11.6. The fraction of sp³-hybridized carbons (Fsp3) is 0.0741. The molecule has 0 spiro atoms. The summed E-state index contributed by atoms with van der Waals surface area (Å²) in [5.41, 5.74) is 14.3. The number of hydrogen-bond donors (Lipinski definition) is 2. The van der Waals surface area contributed by atoms with Crippen molar-refractivity contribution >= 4 is 39.9 Å². The number of carbonyl (C=O) groups excluding carboxylic acids is 1. The van der Waals surface area contributed by atoms with Crippen LogP contribution in [0, 0.1) is 0 Å². The standard InChI is InChI=1S/C27H22N8O2/c1-34-21-13-7-5-11-18(21)19(25(34)17-9-3-2-4-10-17)15-29-31-23(36)16-35-22-14-8-6-12-20(22)30-27(35)24-26(28)33-37-32-24/h2-15H,16H2,1H3,(H2,28,33)(H,31,36). The van der Waals surface area contributed by atoms with E-state index in [0.717, 1.165) is 33.2 Å². The van der Waals surface area contributed by atoms with Crippen molar-refractivity contribution in [1.29, 1.82) is 0 Å². The van der Waals surface area contributed by atoms with Gasteiger partial charge in [-0.15, -0.1) is 0 Å². The predicted octanol–water partition coefficient (Wildman–Crippen LogP) is 3.98. The Labute approximate surface area is 211 Å². The zero-order chi connectivity index (χ0) is 25.4. The second kappa shape index (κ2) is 9.08. The van der Waals surface area contributed by atoms with Gasteiger partial charge in [0.15, 0.2) is 17.3 Å². The Bertz CT molecular complexity index is 1780. The van der Waals surface area contributed by atoms with Crippen molar-refractivity contribution in [2.24, 2.45) is 12.1 Å². The molecule has 3 heterocycles. The van der Waals surface area contributed by atoms with Gasteiger partial charge >= 0.3 is 0 Å². The molecule has 0 fully saturated rings. The highest BCUT2D eigenvalue weighted by Gasteiger charge is 2.21. The highest BCUT2D eigenvalue weighted by molar-refractivity contribution is 6.06. The molecule has 0 aliphatic carbocycles. The van der Waals surface area contributed by atoms with E-state index in [9.17, 15) is 4.79 Å². The first kappa shape index (κ1) is 22.2. The molecule has 0 bridgehead atoms. The van der Waals surface area contributed by atoms with E-state index in [-0.39, 0.29) is 24.0 Å². The van der Waals surface area contributed by atoms with E-state index in [0.29, 0.717) is 11.3 Å². The summed E-state index contributed by atoms with van der Waals surface area (Å²) in [7, 11) is 2.02. The van der Waals surface area contributed by atoms with E-state index in [2.05, 4.69) is 48.6 Å². The van der Waals surface area contributed by atoms with Gasteiger partial charge < -0.3 is 14.9 Å². The van der Waals surface area contributed by atoms with Crippen LogP contribution in [0.15, 0.2) is 88.6 Å². The minimum atomic E-state index is -0.336. The van der Waals surface area contributed by atoms with Gasteiger partial charge in [-0.3, -0.25) is 4.79 Å². The summed E-state index contributed by atoms with van der Waals surface area (Å²) in [5.74, 6) is 0.149. The Balaban J connectivity index is 1.32. The molecule has 182 valence electrons.